The first kappa shape index (κ1) is 27.3. The lowest BCUT2D eigenvalue weighted by molar-refractivity contribution is -0.139. The SMILES string of the molecule is CC(C)(C)OC(=O)N[C@@H](CCSc1ccc(-c2ccc(-c3cccc4c3oc3ccccc34)cc2)cc1)C(=O)O. The first-order valence-electron chi connectivity index (χ1n) is 13.1. The molecule has 0 spiro atoms. The van der Waals surface area contributed by atoms with Gasteiger partial charge in [-0.05, 0) is 62.1 Å². The third-order valence-electron chi connectivity index (χ3n) is 6.45. The molecular weight excluding hydrogens is 522 g/mol. The highest BCUT2D eigenvalue weighted by atomic mass is 32.2. The van der Waals surface area contributed by atoms with Crippen LogP contribution in [0.3, 0.4) is 0 Å². The summed E-state index contributed by atoms with van der Waals surface area (Å²) < 4.78 is 11.4. The minimum Gasteiger partial charge on any atom is -0.480 e. The van der Waals surface area contributed by atoms with Crippen LogP contribution in [-0.4, -0.2) is 34.6 Å². The zero-order valence-corrected chi connectivity index (χ0v) is 23.5. The normalized spacial score (nSPS) is 12.4. The van der Waals surface area contributed by atoms with Crippen LogP contribution in [0.5, 0.6) is 0 Å². The number of carbonyl (C=O) groups is 2. The van der Waals surface area contributed by atoms with Crippen molar-refractivity contribution in [3.63, 3.8) is 0 Å². The summed E-state index contributed by atoms with van der Waals surface area (Å²) in [4.78, 5) is 24.6. The van der Waals surface area contributed by atoms with Gasteiger partial charge in [-0.3, -0.25) is 0 Å². The smallest absolute Gasteiger partial charge is 0.408 e. The topological polar surface area (TPSA) is 88.8 Å². The molecule has 1 atom stereocenters. The Morgan fingerprint density at radius 3 is 2.15 bits per heavy atom. The fourth-order valence-corrected chi connectivity index (χ4v) is 5.48. The first-order chi connectivity index (χ1) is 19.2. The maximum absolute atomic E-state index is 12.0. The van der Waals surface area contributed by atoms with Crippen LogP contribution in [-0.2, 0) is 9.53 Å². The van der Waals surface area contributed by atoms with Crippen LogP contribution >= 0.6 is 11.8 Å². The highest BCUT2D eigenvalue weighted by molar-refractivity contribution is 7.99. The summed E-state index contributed by atoms with van der Waals surface area (Å²) in [6.07, 6.45) is -0.449. The highest BCUT2D eigenvalue weighted by Crippen LogP contribution is 2.36. The molecule has 5 rings (SSSR count). The number of fused-ring (bicyclic) bond motifs is 3. The largest absolute Gasteiger partial charge is 0.480 e. The van der Waals surface area contributed by atoms with Gasteiger partial charge in [-0.2, -0.15) is 0 Å². The van der Waals surface area contributed by atoms with Crippen LogP contribution in [0.4, 0.5) is 4.79 Å². The number of carbonyl (C=O) groups excluding carboxylic acids is 1. The second-order valence-corrected chi connectivity index (χ2v) is 11.7. The first-order valence-corrected chi connectivity index (χ1v) is 14.1. The number of para-hydroxylation sites is 2. The summed E-state index contributed by atoms with van der Waals surface area (Å²) in [6, 6.07) is 30.0. The number of alkyl carbamates (subject to hydrolysis) is 1. The predicted octanol–water partition coefficient (Wildman–Crippen LogP) is 8.38. The third kappa shape index (κ3) is 6.32. The van der Waals surface area contributed by atoms with Crippen LogP contribution in [0, 0.1) is 0 Å². The number of carboxylic acid groups (broad SMARTS) is 1. The van der Waals surface area contributed by atoms with Crippen molar-refractivity contribution < 1.29 is 23.8 Å². The van der Waals surface area contributed by atoms with Crippen molar-refractivity contribution in [1.82, 2.24) is 5.32 Å². The lowest BCUT2D eigenvalue weighted by Crippen LogP contribution is -2.43. The van der Waals surface area contributed by atoms with Crippen LogP contribution in [0.25, 0.3) is 44.2 Å². The van der Waals surface area contributed by atoms with Gasteiger partial charge in [-0.15, -0.1) is 11.8 Å². The molecule has 0 radical (unpaired) electrons. The van der Waals surface area contributed by atoms with Crippen molar-refractivity contribution in [2.45, 2.75) is 43.7 Å². The Morgan fingerprint density at radius 1 is 0.850 bits per heavy atom. The summed E-state index contributed by atoms with van der Waals surface area (Å²) in [5.74, 6) is -0.546. The van der Waals surface area contributed by atoms with E-state index in [0.717, 1.165) is 49.1 Å². The van der Waals surface area contributed by atoms with Crippen LogP contribution in [0.1, 0.15) is 27.2 Å². The molecule has 0 bridgehead atoms. The fraction of sp³-hybridized carbons (Fsp3) is 0.212. The lowest BCUT2D eigenvalue weighted by atomic mass is 9.99. The van der Waals surface area contributed by atoms with Gasteiger partial charge in [0.15, 0.2) is 0 Å². The molecular formula is C33H31NO5S. The molecule has 0 unspecified atom stereocenters. The number of benzene rings is 4. The second kappa shape index (κ2) is 11.5. The molecule has 2 N–H and O–H groups in total. The molecule has 0 aliphatic rings. The van der Waals surface area contributed by atoms with Crippen molar-refractivity contribution >= 4 is 45.8 Å². The quantitative estimate of drug-likeness (QED) is 0.188. The van der Waals surface area contributed by atoms with E-state index in [2.05, 4.69) is 66.0 Å². The van der Waals surface area contributed by atoms with Crippen molar-refractivity contribution in [2.75, 3.05) is 5.75 Å². The van der Waals surface area contributed by atoms with E-state index < -0.39 is 23.7 Å². The Hall–Kier alpha value is -4.23. The zero-order valence-electron chi connectivity index (χ0n) is 22.6. The molecule has 1 aromatic heterocycles. The Kier molecular flexibility index (Phi) is 7.85. The number of aliphatic carboxylic acids is 1. The van der Waals surface area contributed by atoms with Crippen LogP contribution < -0.4 is 5.32 Å². The summed E-state index contributed by atoms with van der Waals surface area (Å²) in [5.41, 5.74) is 5.44. The molecule has 0 fully saturated rings. The van der Waals surface area contributed by atoms with Crippen molar-refractivity contribution in [3.05, 3.63) is 91.0 Å². The molecule has 1 heterocycles. The van der Waals surface area contributed by atoms with Crippen LogP contribution in [0.2, 0.25) is 0 Å². The Bertz CT molecular complexity index is 1650. The van der Waals surface area contributed by atoms with Gasteiger partial charge in [0.25, 0.3) is 0 Å². The number of rotatable bonds is 8. The number of hydrogen-bond acceptors (Lipinski definition) is 5. The van der Waals surface area contributed by atoms with E-state index in [1.54, 1.807) is 32.5 Å². The molecule has 0 aliphatic carbocycles. The monoisotopic (exact) mass is 553 g/mol. The van der Waals surface area contributed by atoms with Gasteiger partial charge in [0.05, 0.1) is 0 Å². The van der Waals surface area contributed by atoms with Gasteiger partial charge in [0.1, 0.15) is 22.8 Å². The fourth-order valence-electron chi connectivity index (χ4n) is 4.56. The highest BCUT2D eigenvalue weighted by Gasteiger charge is 2.23. The Morgan fingerprint density at radius 2 is 1.48 bits per heavy atom. The number of furan rings is 1. The Labute approximate surface area is 237 Å². The number of thioether (sulfide) groups is 1. The summed E-state index contributed by atoms with van der Waals surface area (Å²) >= 11 is 1.55. The molecule has 7 heteroatoms. The predicted molar refractivity (Wildman–Crippen MR) is 161 cm³/mol. The number of nitrogens with one attached hydrogen (secondary N) is 1. The molecule has 6 nitrogen and oxygen atoms in total. The van der Waals surface area contributed by atoms with Crippen molar-refractivity contribution in [3.8, 4) is 22.3 Å². The van der Waals surface area contributed by atoms with Crippen molar-refractivity contribution in [2.24, 2.45) is 0 Å². The van der Waals surface area contributed by atoms with Gasteiger partial charge < -0.3 is 19.6 Å². The number of carboxylic acids is 1. The standard InChI is InChI=1S/C33H31NO5S/c1-33(2,3)39-32(37)34-28(31(35)36)19-20-40-24-17-15-22(16-18-24)21-11-13-23(14-12-21)25-8-6-9-27-26-7-4-5-10-29(26)38-30(25)27/h4-18,28H,19-20H2,1-3H3,(H,34,37)(H,35,36)/t28-/m0/s1. The maximum atomic E-state index is 12.0. The van der Waals surface area contributed by atoms with Gasteiger partial charge >= 0.3 is 12.1 Å². The van der Waals surface area contributed by atoms with E-state index >= 15 is 0 Å². The molecule has 0 aliphatic heterocycles. The maximum Gasteiger partial charge on any atom is 0.408 e. The van der Waals surface area contributed by atoms with E-state index in [9.17, 15) is 14.7 Å². The molecule has 204 valence electrons. The van der Waals surface area contributed by atoms with Crippen molar-refractivity contribution in [1.29, 1.82) is 0 Å². The minimum absolute atomic E-state index is 0.278. The third-order valence-corrected chi connectivity index (χ3v) is 7.50. The minimum atomic E-state index is -1.08. The lowest BCUT2D eigenvalue weighted by Gasteiger charge is -2.21. The number of ether oxygens (including phenoxy) is 1. The summed E-state index contributed by atoms with van der Waals surface area (Å²) in [5, 5.41) is 14.1. The molecule has 4 aromatic carbocycles. The average Bonchev–Trinajstić information content (AvgIpc) is 3.31. The molecule has 0 saturated carbocycles. The van der Waals surface area contributed by atoms with E-state index in [1.165, 1.54) is 0 Å². The Balaban J connectivity index is 1.22. The second-order valence-electron chi connectivity index (χ2n) is 10.6. The van der Waals surface area contributed by atoms with E-state index in [0.29, 0.717) is 5.75 Å². The zero-order chi connectivity index (χ0) is 28.3. The number of hydrogen-bond donors (Lipinski definition) is 2. The van der Waals surface area contributed by atoms with Gasteiger partial charge in [0.2, 0.25) is 0 Å². The molecule has 0 saturated heterocycles. The van der Waals surface area contributed by atoms with Gasteiger partial charge in [0, 0.05) is 27.0 Å². The van der Waals surface area contributed by atoms with E-state index in [-0.39, 0.29) is 6.42 Å². The number of amides is 1. The van der Waals surface area contributed by atoms with Crippen LogP contribution in [0.15, 0.2) is 100 Å². The average molecular weight is 554 g/mol. The summed E-state index contributed by atoms with van der Waals surface area (Å²) in [6.45, 7) is 5.21. The van der Waals surface area contributed by atoms with E-state index in [1.807, 2.05) is 30.3 Å². The molecule has 5 aromatic rings. The van der Waals surface area contributed by atoms with Gasteiger partial charge in [-0.1, -0.05) is 72.8 Å². The molecule has 1 amide bonds. The van der Waals surface area contributed by atoms with E-state index in [4.69, 9.17) is 9.15 Å². The van der Waals surface area contributed by atoms with Gasteiger partial charge in [-0.25, -0.2) is 9.59 Å². The molecule has 40 heavy (non-hydrogen) atoms. The summed E-state index contributed by atoms with van der Waals surface area (Å²) in [7, 11) is 0.